The lowest BCUT2D eigenvalue weighted by molar-refractivity contribution is 0.171. The van der Waals surface area contributed by atoms with E-state index in [-0.39, 0.29) is 17.2 Å². The molecule has 0 bridgehead atoms. The predicted octanol–water partition coefficient (Wildman–Crippen LogP) is 3.73. The Morgan fingerprint density at radius 3 is 2.83 bits per heavy atom. The standard InChI is InChI=1S/C13H16BrFOS2/c1-8-13(18-5-4-17-8)12(16)6-9-2-3-10(15)7-11(9)14/h2-3,7-8,12-13,16H,4-6H2,1H3. The van der Waals surface area contributed by atoms with Crippen LogP contribution in [0.5, 0.6) is 0 Å². The highest BCUT2D eigenvalue weighted by Gasteiger charge is 2.29. The highest BCUT2D eigenvalue weighted by atomic mass is 79.9. The first-order valence-corrected chi connectivity index (χ1v) is 8.82. The second-order valence-corrected chi connectivity index (χ2v) is 8.04. The first kappa shape index (κ1) is 14.7. The van der Waals surface area contributed by atoms with Crippen molar-refractivity contribution in [2.45, 2.75) is 29.9 Å². The van der Waals surface area contributed by atoms with Gasteiger partial charge in [-0.05, 0) is 17.7 Å². The van der Waals surface area contributed by atoms with Crippen LogP contribution < -0.4 is 0 Å². The minimum atomic E-state index is -0.375. The summed E-state index contributed by atoms with van der Waals surface area (Å²) >= 11 is 7.12. The molecule has 1 heterocycles. The third kappa shape index (κ3) is 3.65. The van der Waals surface area contributed by atoms with Crippen molar-refractivity contribution in [2.75, 3.05) is 11.5 Å². The van der Waals surface area contributed by atoms with Crippen LogP contribution in [0.3, 0.4) is 0 Å². The molecular weight excluding hydrogens is 335 g/mol. The fraction of sp³-hybridized carbons (Fsp3) is 0.538. The van der Waals surface area contributed by atoms with E-state index in [1.54, 1.807) is 6.07 Å². The monoisotopic (exact) mass is 350 g/mol. The molecule has 5 heteroatoms. The van der Waals surface area contributed by atoms with Crippen LogP contribution in [0, 0.1) is 5.82 Å². The van der Waals surface area contributed by atoms with Gasteiger partial charge in [-0.2, -0.15) is 23.5 Å². The Kier molecular flexibility index (Phi) is 5.42. The molecule has 100 valence electrons. The molecule has 1 saturated heterocycles. The second kappa shape index (κ2) is 6.64. The lowest BCUT2D eigenvalue weighted by atomic mass is 10.0. The summed E-state index contributed by atoms with van der Waals surface area (Å²) in [6, 6.07) is 4.64. The fourth-order valence-electron chi connectivity index (χ4n) is 2.10. The van der Waals surface area contributed by atoms with E-state index in [4.69, 9.17) is 0 Å². The fourth-order valence-corrected chi connectivity index (χ4v) is 5.46. The van der Waals surface area contributed by atoms with Crippen LogP contribution >= 0.6 is 39.5 Å². The van der Waals surface area contributed by atoms with Crippen molar-refractivity contribution in [1.29, 1.82) is 0 Å². The third-order valence-corrected chi connectivity index (χ3v) is 7.04. The summed E-state index contributed by atoms with van der Waals surface area (Å²) < 4.78 is 13.7. The van der Waals surface area contributed by atoms with Crippen LogP contribution in [-0.4, -0.2) is 33.2 Å². The molecule has 1 fully saturated rings. The molecular formula is C13H16BrFOS2. The number of thioether (sulfide) groups is 2. The number of aliphatic hydroxyl groups excluding tert-OH is 1. The van der Waals surface area contributed by atoms with E-state index in [1.165, 1.54) is 12.1 Å². The number of rotatable bonds is 3. The lowest BCUT2D eigenvalue weighted by Crippen LogP contribution is -2.36. The van der Waals surface area contributed by atoms with Crippen molar-refractivity contribution < 1.29 is 9.50 Å². The van der Waals surface area contributed by atoms with E-state index in [0.29, 0.717) is 11.7 Å². The van der Waals surface area contributed by atoms with Gasteiger partial charge in [0.2, 0.25) is 0 Å². The van der Waals surface area contributed by atoms with Crippen molar-refractivity contribution in [3.05, 3.63) is 34.1 Å². The molecule has 0 aromatic heterocycles. The summed E-state index contributed by atoms with van der Waals surface area (Å²) in [4.78, 5) is 0. The normalized spacial score (nSPS) is 26.0. The van der Waals surface area contributed by atoms with Crippen molar-refractivity contribution in [1.82, 2.24) is 0 Å². The molecule has 1 nitrogen and oxygen atoms in total. The topological polar surface area (TPSA) is 20.2 Å². The minimum absolute atomic E-state index is 0.254. The summed E-state index contributed by atoms with van der Waals surface area (Å²) in [5.74, 6) is 2.01. The summed E-state index contributed by atoms with van der Waals surface area (Å²) in [5.41, 5.74) is 0.965. The molecule has 18 heavy (non-hydrogen) atoms. The first-order valence-electron chi connectivity index (χ1n) is 5.93. The van der Waals surface area contributed by atoms with E-state index >= 15 is 0 Å². The number of aliphatic hydroxyl groups is 1. The van der Waals surface area contributed by atoms with Crippen LogP contribution in [0.1, 0.15) is 12.5 Å². The minimum Gasteiger partial charge on any atom is -0.392 e. The number of halogens is 2. The molecule has 0 aliphatic carbocycles. The Bertz CT molecular complexity index is 416. The third-order valence-electron chi connectivity index (χ3n) is 3.06. The van der Waals surface area contributed by atoms with E-state index in [1.807, 2.05) is 23.5 Å². The molecule has 1 N–H and O–H groups in total. The van der Waals surface area contributed by atoms with Gasteiger partial charge < -0.3 is 5.11 Å². The van der Waals surface area contributed by atoms with Crippen molar-refractivity contribution in [2.24, 2.45) is 0 Å². The SMILES string of the molecule is CC1SCCSC1C(O)Cc1ccc(F)cc1Br. The van der Waals surface area contributed by atoms with Crippen LogP contribution in [0.2, 0.25) is 0 Å². The average molecular weight is 351 g/mol. The molecule has 1 aliphatic rings. The second-order valence-electron chi connectivity index (χ2n) is 4.42. The Labute approximate surface area is 124 Å². The van der Waals surface area contributed by atoms with Gasteiger partial charge >= 0.3 is 0 Å². The number of hydrogen-bond donors (Lipinski definition) is 1. The zero-order valence-electron chi connectivity index (χ0n) is 10.1. The van der Waals surface area contributed by atoms with Crippen LogP contribution in [0.15, 0.2) is 22.7 Å². The predicted molar refractivity (Wildman–Crippen MR) is 82.0 cm³/mol. The van der Waals surface area contributed by atoms with Crippen LogP contribution in [0.25, 0.3) is 0 Å². The van der Waals surface area contributed by atoms with Gasteiger partial charge in [-0.3, -0.25) is 0 Å². The average Bonchev–Trinajstić information content (AvgIpc) is 2.33. The van der Waals surface area contributed by atoms with Gasteiger partial charge in [-0.15, -0.1) is 0 Å². The quantitative estimate of drug-likeness (QED) is 0.896. The zero-order chi connectivity index (χ0) is 13.1. The summed E-state index contributed by atoms with van der Waals surface area (Å²) in [5, 5.41) is 11.1. The number of benzene rings is 1. The summed E-state index contributed by atoms with van der Waals surface area (Å²) in [6.45, 7) is 2.17. The molecule has 1 aliphatic heterocycles. The van der Waals surface area contributed by atoms with Gasteiger partial charge in [0.15, 0.2) is 0 Å². The molecule has 0 amide bonds. The molecule has 0 saturated carbocycles. The lowest BCUT2D eigenvalue weighted by Gasteiger charge is -2.31. The Morgan fingerprint density at radius 1 is 1.44 bits per heavy atom. The van der Waals surface area contributed by atoms with E-state index in [9.17, 15) is 9.50 Å². The highest BCUT2D eigenvalue weighted by molar-refractivity contribution is 9.10. The van der Waals surface area contributed by atoms with E-state index < -0.39 is 0 Å². The van der Waals surface area contributed by atoms with Crippen LogP contribution in [-0.2, 0) is 6.42 Å². The molecule has 0 spiro atoms. The number of hydrogen-bond acceptors (Lipinski definition) is 3. The summed E-state index contributed by atoms with van der Waals surface area (Å²) in [7, 11) is 0. The van der Waals surface area contributed by atoms with Gasteiger partial charge in [-0.25, -0.2) is 4.39 Å². The van der Waals surface area contributed by atoms with E-state index in [2.05, 4.69) is 22.9 Å². The maximum Gasteiger partial charge on any atom is 0.124 e. The van der Waals surface area contributed by atoms with Crippen LogP contribution in [0.4, 0.5) is 4.39 Å². The molecule has 3 atom stereocenters. The largest absolute Gasteiger partial charge is 0.392 e. The maximum atomic E-state index is 13.0. The maximum absolute atomic E-state index is 13.0. The molecule has 3 unspecified atom stereocenters. The van der Waals surface area contributed by atoms with Gasteiger partial charge in [0.25, 0.3) is 0 Å². The zero-order valence-corrected chi connectivity index (χ0v) is 13.3. The molecule has 1 aromatic rings. The smallest absolute Gasteiger partial charge is 0.124 e. The molecule has 0 radical (unpaired) electrons. The van der Waals surface area contributed by atoms with Gasteiger partial charge in [0.05, 0.1) is 6.10 Å². The molecule has 2 rings (SSSR count). The van der Waals surface area contributed by atoms with Gasteiger partial charge in [-0.1, -0.05) is 28.9 Å². The van der Waals surface area contributed by atoms with E-state index in [0.717, 1.165) is 21.5 Å². The summed E-state index contributed by atoms with van der Waals surface area (Å²) in [6.07, 6.45) is 0.197. The van der Waals surface area contributed by atoms with Crippen molar-refractivity contribution >= 4 is 39.5 Å². The van der Waals surface area contributed by atoms with Crippen molar-refractivity contribution in [3.8, 4) is 0 Å². The highest BCUT2D eigenvalue weighted by Crippen LogP contribution is 2.34. The molecule has 1 aromatic carbocycles. The van der Waals surface area contributed by atoms with Crippen molar-refractivity contribution in [3.63, 3.8) is 0 Å². The Morgan fingerprint density at radius 2 is 2.17 bits per heavy atom. The van der Waals surface area contributed by atoms with Gasteiger partial charge in [0.1, 0.15) is 5.82 Å². The Balaban J connectivity index is 2.03. The Hall–Kier alpha value is 0.290. The first-order chi connectivity index (χ1) is 8.58. The van der Waals surface area contributed by atoms with Gasteiger partial charge in [0, 0.05) is 32.9 Å².